The minimum Gasteiger partial charge on any atom is -0.398 e. The highest BCUT2D eigenvalue weighted by Crippen LogP contribution is 2.34. The molecule has 0 saturated heterocycles. The van der Waals surface area contributed by atoms with Crippen LogP contribution in [0.5, 0.6) is 0 Å². The Morgan fingerprint density at radius 3 is 2.89 bits per heavy atom. The highest BCUT2D eigenvalue weighted by molar-refractivity contribution is 8.00. The van der Waals surface area contributed by atoms with E-state index in [0.717, 1.165) is 28.6 Å². The molecule has 4 heteroatoms. The molecule has 1 heterocycles. The minimum absolute atomic E-state index is 0.224. The van der Waals surface area contributed by atoms with Crippen molar-refractivity contribution >= 4 is 28.2 Å². The highest BCUT2D eigenvalue weighted by Gasteiger charge is 2.09. The van der Waals surface area contributed by atoms with Crippen molar-refractivity contribution < 1.29 is 5.11 Å². The maximum absolute atomic E-state index is 8.97. The second kappa shape index (κ2) is 5.59. The first-order valence-electron chi connectivity index (χ1n) is 6.04. The molecule has 2 aromatic rings. The first-order chi connectivity index (χ1) is 8.61. The molecule has 0 aliphatic carbocycles. The fourth-order valence-corrected chi connectivity index (χ4v) is 3.00. The Bertz CT molecular complexity index is 557. The summed E-state index contributed by atoms with van der Waals surface area (Å²) in [6, 6.07) is 6.04. The molecule has 3 N–H and O–H groups in total. The van der Waals surface area contributed by atoms with Crippen LogP contribution in [0.1, 0.15) is 19.0 Å². The number of hydrogen-bond acceptors (Lipinski definition) is 4. The molecule has 0 aliphatic rings. The third kappa shape index (κ3) is 2.76. The van der Waals surface area contributed by atoms with Gasteiger partial charge in [-0.1, -0.05) is 6.92 Å². The van der Waals surface area contributed by atoms with Gasteiger partial charge in [-0.2, -0.15) is 0 Å². The predicted octanol–water partition coefficient (Wildman–Crippen LogP) is 2.99. The summed E-state index contributed by atoms with van der Waals surface area (Å²) in [4.78, 5) is 5.50. The van der Waals surface area contributed by atoms with Crippen LogP contribution in [0.2, 0.25) is 0 Å². The smallest absolute Gasteiger partial charge is 0.0441 e. The number of nitrogen functional groups attached to an aromatic ring is 1. The lowest BCUT2D eigenvalue weighted by molar-refractivity contribution is 0.289. The molecule has 1 atom stereocenters. The average Bonchev–Trinajstić information content (AvgIpc) is 2.33. The van der Waals surface area contributed by atoms with E-state index in [2.05, 4.69) is 24.0 Å². The van der Waals surface area contributed by atoms with Crippen LogP contribution >= 0.6 is 11.8 Å². The largest absolute Gasteiger partial charge is 0.398 e. The topological polar surface area (TPSA) is 59.1 Å². The van der Waals surface area contributed by atoms with E-state index in [1.807, 2.05) is 19.2 Å². The molecule has 0 amide bonds. The number of fused-ring (bicyclic) bond motifs is 1. The van der Waals surface area contributed by atoms with Crippen LogP contribution in [0.25, 0.3) is 10.8 Å². The van der Waals surface area contributed by atoms with Gasteiger partial charge in [-0.05, 0) is 31.5 Å². The van der Waals surface area contributed by atoms with Crippen LogP contribution in [0.3, 0.4) is 0 Å². The molecule has 0 radical (unpaired) electrons. The van der Waals surface area contributed by atoms with Gasteiger partial charge in [0, 0.05) is 45.1 Å². The Morgan fingerprint density at radius 2 is 2.17 bits per heavy atom. The number of aliphatic hydroxyl groups is 1. The molecule has 0 bridgehead atoms. The first-order valence-corrected chi connectivity index (χ1v) is 6.92. The summed E-state index contributed by atoms with van der Waals surface area (Å²) >= 11 is 1.77. The monoisotopic (exact) mass is 262 g/mol. The quantitative estimate of drug-likeness (QED) is 0.657. The van der Waals surface area contributed by atoms with Gasteiger partial charge < -0.3 is 10.8 Å². The van der Waals surface area contributed by atoms with Gasteiger partial charge in [0.05, 0.1) is 0 Å². The van der Waals surface area contributed by atoms with Crippen LogP contribution in [-0.2, 0) is 0 Å². The van der Waals surface area contributed by atoms with Crippen molar-refractivity contribution in [3.8, 4) is 0 Å². The van der Waals surface area contributed by atoms with Crippen molar-refractivity contribution in [3.63, 3.8) is 0 Å². The summed E-state index contributed by atoms with van der Waals surface area (Å²) in [5.41, 5.74) is 7.73. The summed E-state index contributed by atoms with van der Waals surface area (Å²) in [5.74, 6) is 0. The average molecular weight is 262 g/mol. The second-order valence-electron chi connectivity index (χ2n) is 4.46. The maximum Gasteiger partial charge on any atom is 0.0441 e. The number of hydrogen-bond donors (Lipinski definition) is 2. The number of pyridine rings is 1. The number of aliphatic hydroxyl groups excluding tert-OH is 1. The van der Waals surface area contributed by atoms with E-state index in [-0.39, 0.29) is 6.61 Å². The third-order valence-corrected chi connectivity index (χ3v) is 4.14. The molecule has 0 saturated carbocycles. The van der Waals surface area contributed by atoms with E-state index in [1.165, 1.54) is 4.90 Å². The van der Waals surface area contributed by atoms with Crippen molar-refractivity contribution in [1.29, 1.82) is 0 Å². The normalized spacial score (nSPS) is 12.8. The third-order valence-electron chi connectivity index (χ3n) is 2.90. The van der Waals surface area contributed by atoms with E-state index >= 15 is 0 Å². The number of aromatic nitrogens is 1. The SMILES string of the molecule is Cc1cc2c(SC(C)CCO)ccc(N)c2cn1. The lowest BCUT2D eigenvalue weighted by Gasteiger charge is -2.13. The molecule has 1 aromatic heterocycles. The van der Waals surface area contributed by atoms with E-state index in [4.69, 9.17) is 10.8 Å². The Labute approximate surface area is 111 Å². The minimum atomic E-state index is 0.224. The summed E-state index contributed by atoms with van der Waals surface area (Å²) in [6.45, 7) is 4.33. The van der Waals surface area contributed by atoms with Gasteiger partial charge in [-0.15, -0.1) is 11.8 Å². The Morgan fingerprint density at radius 1 is 1.39 bits per heavy atom. The van der Waals surface area contributed by atoms with Gasteiger partial charge in [0.15, 0.2) is 0 Å². The Kier molecular flexibility index (Phi) is 4.09. The number of thioether (sulfide) groups is 1. The zero-order valence-corrected chi connectivity index (χ0v) is 11.5. The van der Waals surface area contributed by atoms with Crippen molar-refractivity contribution in [2.75, 3.05) is 12.3 Å². The molecular weight excluding hydrogens is 244 g/mol. The van der Waals surface area contributed by atoms with Gasteiger partial charge >= 0.3 is 0 Å². The maximum atomic E-state index is 8.97. The van der Waals surface area contributed by atoms with Gasteiger partial charge in [0.2, 0.25) is 0 Å². The highest BCUT2D eigenvalue weighted by atomic mass is 32.2. The Hall–Kier alpha value is -1.26. The van der Waals surface area contributed by atoms with Gasteiger partial charge in [-0.3, -0.25) is 4.98 Å². The standard InChI is InChI=1S/C14H18N2OS/c1-9-7-11-12(8-16-9)13(15)3-4-14(11)18-10(2)5-6-17/h3-4,7-8,10,17H,5-6,15H2,1-2H3. The molecule has 2 rings (SSSR count). The molecule has 1 unspecified atom stereocenters. The van der Waals surface area contributed by atoms with E-state index in [0.29, 0.717) is 5.25 Å². The zero-order valence-electron chi connectivity index (χ0n) is 10.7. The van der Waals surface area contributed by atoms with Crippen LogP contribution in [0.15, 0.2) is 29.3 Å². The number of nitrogens with zero attached hydrogens (tertiary/aromatic N) is 1. The fraction of sp³-hybridized carbons (Fsp3) is 0.357. The van der Waals surface area contributed by atoms with Crippen molar-refractivity contribution in [3.05, 3.63) is 30.1 Å². The molecule has 96 valence electrons. The number of rotatable bonds is 4. The molecule has 0 aliphatic heterocycles. The van der Waals surface area contributed by atoms with Crippen molar-refractivity contribution in [1.82, 2.24) is 4.98 Å². The lowest BCUT2D eigenvalue weighted by atomic mass is 10.1. The van der Waals surface area contributed by atoms with Crippen LogP contribution in [0.4, 0.5) is 5.69 Å². The first kappa shape index (κ1) is 13.2. The molecular formula is C14H18N2OS. The Balaban J connectivity index is 2.44. The van der Waals surface area contributed by atoms with E-state index in [1.54, 1.807) is 11.8 Å². The number of aryl methyl sites for hydroxylation is 1. The molecule has 1 aromatic carbocycles. The van der Waals surface area contributed by atoms with Gasteiger partial charge in [0.1, 0.15) is 0 Å². The summed E-state index contributed by atoms with van der Waals surface area (Å²) in [5, 5.41) is 11.5. The van der Waals surface area contributed by atoms with E-state index in [9.17, 15) is 0 Å². The van der Waals surface area contributed by atoms with Crippen molar-refractivity contribution in [2.24, 2.45) is 0 Å². The number of anilines is 1. The molecule has 0 fully saturated rings. The van der Waals surface area contributed by atoms with Crippen LogP contribution in [-0.4, -0.2) is 21.9 Å². The second-order valence-corrected chi connectivity index (χ2v) is 5.95. The molecule has 18 heavy (non-hydrogen) atoms. The molecule has 0 spiro atoms. The van der Waals surface area contributed by atoms with Crippen molar-refractivity contribution in [2.45, 2.75) is 30.4 Å². The zero-order chi connectivity index (χ0) is 13.1. The fourth-order valence-electron chi connectivity index (χ4n) is 1.90. The number of benzene rings is 1. The van der Waals surface area contributed by atoms with Gasteiger partial charge in [0.25, 0.3) is 0 Å². The van der Waals surface area contributed by atoms with E-state index < -0.39 is 0 Å². The summed E-state index contributed by atoms with van der Waals surface area (Å²) in [6.07, 6.45) is 2.63. The predicted molar refractivity (Wildman–Crippen MR) is 77.9 cm³/mol. The summed E-state index contributed by atoms with van der Waals surface area (Å²) in [7, 11) is 0. The van der Waals surface area contributed by atoms with Crippen LogP contribution < -0.4 is 5.73 Å². The van der Waals surface area contributed by atoms with Crippen LogP contribution in [0, 0.1) is 6.92 Å². The van der Waals surface area contributed by atoms with Gasteiger partial charge in [-0.25, -0.2) is 0 Å². The lowest BCUT2D eigenvalue weighted by Crippen LogP contribution is -2.00. The summed E-state index contributed by atoms with van der Waals surface area (Å²) < 4.78 is 0. The molecule has 3 nitrogen and oxygen atoms in total. The number of nitrogens with two attached hydrogens (primary N) is 1.